The van der Waals surface area contributed by atoms with Crippen molar-refractivity contribution < 1.29 is 0 Å². The van der Waals surface area contributed by atoms with Crippen molar-refractivity contribution in [1.82, 2.24) is 9.97 Å². The molecule has 0 aliphatic heterocycles. The summed E-state index contributed by atoms with van der Waals surface area (Å²) in [6.07, 6.45) is 3.43. The van der Waals surface area contributed by atoms with Gasteiger partial charge in [0.1, 0.15) is 0 Å². The van der Waals surface area contributed by atoms with Crippen LogP contribution in [0.1, 0.15) is 16.8 Å². The van der Waals surface area contributed by atoms with E-state index in [2.05, 4.69) is 40.8 Å². The van der Waals surface area contributed by atoms with Crippen molar-refractivity contribution >= 4 is 82.0 Å². The Morgan fingerprint density at radius 1 is 0.667 bits per heavy atom. The molecule has 8 nitrogen and oxygen atoms in total. The number of anilines is 4. The molecule has 0 aliphatic carbocycles. The van der Waals surface area contributed by atoms with Gasteiger partial charge in [-0.05, 0) is 42.3 Å². The number of aromatic nitrogens is 2. The SMILES string of the molecule is Cc1cc(N/N=C\c2ccc(N(CCCl)CCCl)cc2)nc(N/N=C/c2ccc(N(CCCl)CCCl)cc2)n1. The Labute approximate surface area is 250 Å². The number of rotatable bonds is 16. The molecule has 0 radical (unpaired) electrons. The van der Waals surface area contributed by atoms with E-state index in [9.17, 15) is 0 Å². The highest BCUT2D eigenvalue weighted by molar-refractivity contribution is 6.19. The largest absolute Gasteiger partial charge is 0.369 e. The van der Waals surface area contributed by atoms with E-state index in [0.717, 1.165) is 54.4 Å². The summed E-state index contributed by atoms with van der Waals surface area (Å²) in [5, 5.41) is 8.59. The van der Waals surface area contributed by atoms with E-state index in [1.807, 2.05) is 55.5 Å². The average molecular weight is 610 g/mol. The highest BCUT2D eigenvalue weighted by atomic mass is 35.5. The monoisotopic (exact) mass is 608 g/mol. The van der Waals surface area contributed by atoms with Crippen LogP contribution in [0.4, 0.5) is 23.1 Å². The first-order chi connectivity index (χ1) is 19.1. The summed E-state index contributed by atoms with van der Waals surface area (Å²) < 4.78 is 0. The van der Waals surface area contributed by atoms with Crippen LogP contribution in [0, 0.1) is 6.92 Å². The second-order valence-corrected chi connectivity index (χ2v) is 9.88. The first-order valence-electron chi connectivity index (χ1n) is 12.4. The van der Waals surface area contributed by atoms with Crippen molar-refractivity contribution in [1.29, 1.82) is 0 Å². The first-order valence-corrected chi connectivity index (χ1v) is 14.6. The number of benzene rings is 2. The third-order valence-electron chi connectivity index (χ3n) is 5.56. The van der Waals surface area contributed by atoms with Gasteiger partial charge in [-0.1, -0.05) is 24.3 Å². The predicted octanol–water partition coefficient (Wildman–Crippen LogP) is 6.25. The van der Waals surface area contributed by atoms with Crippen molar-refractivity contribution in [3.05, 3.63) is 71.4 Å². The zero-order valence-corrected chi connectivity index (χ0v) is 24.7. The van der Waals surface area contributed by atoms with E-state index >= 15 is 0 Å². The smallest absolute Gasteiger partial charge is 0.245 e. The number of aryl methyl sites for hydroxylation is 1. The number of nitrogens with zero attached hydrogens (tertiary/aromatic N) is 6. The first kappa shape index (κ1) is 30.8. The Kier molecular flexibility index (Phi) is 13.4. The quantitative estimate of drug-likeness (QED) is 0.114. The van der Waals surface area contributed by atoms with Gasteiger partial charge in [0.2, 0.25) is 5.95 Å². The molecule has 1 heterocycles. The molecule has 0 aliphatic rings. The fourth-order valence-corrected chi connectivity index (χ4v) is 4.52. The third kappa shape index (κ3) is 10.4. The molecule has 208 valence electrons. The average Bonchev–Trinajstić information content (AvgIpc) is 2.93. The Morgan fingerprint density at radius 3 is 1.54 bits per heavy atom. The highest BCUT2D eigenvalue weighted by Gasteiger charge is 2.06. The van der Waals surface area contributed by atoms with Crippen LogP contribution in [-0.2, 0) is 0 Å². The fourth-order valence-electron chi connectivity index (χ4n) is 3.70. The molecule has 39 heavy (non-hydrogen) atoms. The van der Waals surface area contributed by atoms with Gasteiger partial charge in [0.15, 0.2) is 5.82 Å². The molecule has 0 saturated carbocycles. The van der Waals surface area contributed by atoms with Crippen LogP contribution < -0.4 is 20.7 Å². The van der Waals surface area contributed by atoms with Crippen molar-refractivity contribution in [3.8, 4) is 0 Å². The fraction of sp³-hybridized carbons (Fsp3) is 0.333. The van der Waals surface area contributed by atoms with E-state index < -0.39 is 0 Å². The summed E-state index contributed by atoms with van der Waals surface area (Å²) in [5.74, 6) is 3.08. The van der Waals surface area contributed by atoms with E-state index in [-0.39, 0.29) is 0 Å². The molecule has 0 bridgehead atoms. The molecule has 0 amide bonds. The van der Waals surface area contributed by atoms with E-state index in [1.165, 1.54) is 0 Å². The van der Waals surface area contributed by atoms with Crippen LogP contribution in [0.15, 0.2) is 64.8 Å². The molecule has 3 rings (SSSR count). The van der Waals surface area contributed by atoms with Crippen LogP contribution in [-0.4, -0.2) is 72.1 Å². The van der Waals surface area contributed by atoms with Gasteiger partial charge in [-0.3, -0.25) is 5.43 Å². The minimum absolute atomic E-state index is 0.360. The zero-order valence-electron chi connectivity index (χ0n) is 21.7. The second kappa shape index (κ2) is 17.0. The van der Waals surface area contributed by atoms with Crippen molar-refractivity contribution in [3.63, 3.8) is 0 Å². The third-order valence-corrected chi connectivity index (χ3v) is 6.24. The standard InChI is InChI=1S/C27H32Cl4N8/c1-21-18-26(36-32-19-22-2-6-24(7-3-22)38(14-10-28)15-11-29)35-27(34-21)37-33-20-23-4-8-25(9-5-23)39(16-12-30)17-13-31/h2-9,18-20H,10-17H2,1H3,(H2,34,35,36,37)/b32-19-,33-20+. The van der Waals surface area contributed by atoms with Crippen LogP contribution in [0.3, 0.4) is 0 Å². The van der Waals surface area contributed by atoms with Gasteiger partial charge in [-0.25, -0.2) is 10.4 Å². The van der Waals surface area contributed by atoms with Crippen molar-refractivity contribution in [2.45, 2.75) is 6.92 Å². The van der Waals surface area contributed by atoms with Gasteiger partial charge in [-0.15, -0.1) is 46.4 Å². The summed E-state index contributed by atoms with van der Waals surface area (Å²) in [5.41, 5.74) is 10.6. The minimum Gasteiger partial charge on any atom is -0.369 e. The summed E-state index contributed by atoms with van der Waals surface area (Å²) in [6.45, 7) is 4.84. The van der Waals surface area contributed by atoms with Gasteiger partial charge in [0.05, 0.1) is 12.4 Å². The molecule has 2 aromatic carbocycles. The lowest BCUT2D eigenvalue weighted by Gasteiger charge is -2.22. The maximum atomic E-state index is 5.91. The Morgan fingerprint density at radius 2 is 1.10 bits per heavy atom. The van der Waals surface area contributed by atoms with Gasteiger partial charge >= 0.3 is 0 Å². The van der Waals surface area contributed by atoms with Crippen molar-refractivity contribution in [2.24, 2.45) is 10.2 Å². The molecule has 0 spiro atoms. The number of halogens is 4. The van der Waals surface area contributed by atoms with Crippen LogP contribution in [0.5, 0.6) is 0 Å². The minimum atomic E-state index is 0.360. The Bertz CT molecular complexity index is 1090. The van der Waals surface area contributed by atoms with E-state index in [0.29, 0.717) is 35.3 Å². The van der Waals surface area contributed by atoms with Crippen molar-refractivity contribution in [2.75, 3.05) is 70.4 Å². The summed E-state index contributed by atoms with van der Waals surface area (Å²) >= 11 is 23.6. The number of hydrogen-bond acceptors (Lipinski definition) is 8. The second-order valence-electron chi connectivity index (χ2n) is 8.37. The molecule has 0 unspecified atom stereocenters. The van der Waals surface area contributed by atoms with Crippen LogP contribution >= 0.6 is 46.4 Å². The Balaban J connectivity index is 1.57. The predicted molar refractivity (Wildman–Crippen MR) is 169 cm³/mol. The molecular weight excluding hydrogens is 578 g/mol. The molecule has 3 aromatic rings. The molecule has 1 aromatic heterocycles. The van der Waals surface area contributed by atoms with Gasteiger partial charge in [-0.2, -0.15) is 15.2 Å². The molecule has 0 atom stereocenters. The van der Waals surface area contributed by atoms with Crippen LogP contribution in [0.2, 0.25) is 0 Å². The van der Waals surface area contributed by atoms with E-state index in [1.54, 1.807) is 18.5 Å². The number of alkyl halides is 4. The van der Waals surface area contributed by atoms with Gasteiger partial charge in [0.25, 0.3) is 0 Å². The van der Waals surface area contributed by atoms with E-state index in [4.69, 9.17) is 46.4 Å². The molecule has 0 fully saturated rings. The Hall–Kier alpha value is -2.78. The lowest BCUT2D eigenvalue weighted by atomic mass is 10.2. The highest BCUT2D eigenvalue weighted by Crippen LogP contribution is 2.17. The lowest BCUT2D eigenvalue weighted by Crippen LogP contribution is -2.27. The van der Waals surface area contributed by atoms with Gasteiger partial charge < -0.3 is 9.80 Å². The number of hydrogen-bond donors (Lipinski definition) is 2. The molecule has 2 N–H and O–H groups in total. The maximum absolute atomic E-state index is 5.91. The molecule has 0 saturated heterocycles. The normalized spacial score (nSPS) is 11.3. The summed E-state index contributed by atoms with van der Waals surface area (Å²) in [6, 6.07) is 17.8. The summed E-state index contributed by atoms with van der Waals surface area (Å²) in [7, 11) is 0. The maximum Gasteiger partial charge on any atom is 0.245 e. The molecular formula is C27H32Cl4N8. The lowest BCUT2D eigenvalue weighted by molar-refractivity contribution is 0.874. The summed E-state index contributed by atoms with van der Waals surface area (Å²) in [4.78, 5) is 13.1. The topological polar surface area (TPSA) is 81.0 Å². The van der Waals surface area contributed by atoms with Gasteiger partial charge in [0, 0.05) is 72.8 Å². The number of nitrogens with one attached hydrogen (secondary N) is 2. The zero-order chi connectivity index (χ0) is 27.9. The van der Waals surface area contributed by atoms with Crippen LogP contribution in [0.25, 0.3) is 0 Å². The molecule has 12 heteroatoms. The number of hydrazone groups is 2.